The van der Waals surface area contributed by atoms with E-state index in [4.69, 9.17) is 28.3 Å². The summed E-state index contributed by atoms with van der Waals surface area (Å²) in [6, 6.07) is 25.5. The molecule has 0 fully saturated rings. The normalized spacial score (nSPS) is 11.1. The minimum Gasteiger partial charge on any atom is -0.409 e. The van der Waals surface area contributed by atoms with E-state index in [2.05, 4.69) is 93.6 Å². The molecule has 0 unspecified atom stereocenters. The van der Waals surface area contributed by atoms with E-state index in [-0.39, 0.29) is 0 Å². The second-order valence-corrected chi connectivity index (χ2v) is 15.8. The first-order chi connectivity index (χ1) is 25.9. The van der Waals surface area contributed by atoms with Gasteiger partial charge in [0.2, 0.25) is 0 Å². The molecule has 0 radical (unpaired) electrons. The van der Waals surface area contributed by atoms with Crippen molar-refractivity contribution in [3.63, 3.8) is 0 Å². The summed E-state index contributed by atoms with van der Waals surface area (Å²) in [7, 11) is -4.30. The zero-order chi connectivity index (χ0) is 38.2. The Balaban J connectivity index is 0.00000231. The number of unbranched alkanes of at least 4 members (excludes halogenated alkanes) is 18. The molecule has 0 aliphatic heterocycles. The zero-order valence-electron chi connectivity index (χ0n) is 33.4. The smallest absolute Gasteiger partial charge is 0.409 e. The van der Waals surface area contributed by atoms with Gasteiger partial charge in [-0.15, -0.1) is 0 Å². The summed E-state index contributed by atoms with van der Waals surface area (Å²) in [6.45, 7) is 6.83. The Bertz CT molecular complexity index is 1080. The second-order valence-electron chi connectivity index (χ2n) is 14.3. The molecule has 0 spiro atoms. The Labute approximate surface area is 326 Å². The van der Waals surface area contributed by atoms with Crippen molar-refractivity contribution in [1.82, 2.24) is 0 Å². The van der Waals surface area contributed by atoms with Crippen LogP contribution in [-0.4, -0.2) is 14.7 Å². The van der Waals surface area contributed by atoms with Gasteiger partial charge in [-0.3, -0.25) is 0 Å². The third-order valence-electron chi connectivity index (χ3n) is 9.52. The van der Waals surface area contributed by atoms with Gasteiger partial charge in [0.15, 0.2) is 0 Å². The maximum absolute atomic E-state index is 7.23. The average molecular weight is 771 g/mol. The summed E-state index contributed by atoms with van der Waals surface area (Å²) < 4.78 is 19.1. The molecule has 3 N–H and O–H groups in total. The molecule has 53 heavy (non-hydrogen) atoms. The average Bonchev–Trinajstić information content (AvgIpc) is 3.15. The van der Waals surface area contributed by atoms with Crippen molar-refractivity contribution in [3.05, 3.63) is 89.5 Å². The molecular weight excluding hydrogens is 698 g/mol. The maximum Gasteiger partial charge on any atom is 0.530 e. The predicted octanol–water partition coefficient (Wildman–Crippen LogP) is 14.5. The predicted molar refractivity (Wildman–Crippen MR) is 227 cm³/mol. The van der Waals surface area contributed by atoms with Crippen molar-refractivity contribution in [3.8, 4) is 17.2 Å². The first-order valence-corrected chi connectivity index (χ1v) is 23.2. The van der Waals surface area contributed by atoms with E-state index in [9.17, 15) is 0 Å². The highest BCUT2D eigenvalue weighted by atomic mass is 31.2. The lowest BCUT2D eigenvalue weighted by Gasteiger charge is -2.18. The lowest BCUT2D eigenvalue weighted by atomic mass is 10.0. The molecule has 8 heteroatoms. The van der Waals surface area contributed by atoms with Gasteiger partial charge >= 0.3 is 17.2 Å². The first-order valence-electron chi connectivity index (χ1n) is 20.9. The van der Waals surface area contributed by atoms with E-state index in [0.29, 0.717) is 0 Å². The highest BCUT2D eigenvalue weighted by Crippen LogP contribution is 2.42. The molecular formula is C45H72O6P2. The third-order valence-corrected chi connectivity index (χ3v) is 10.6. The lowest BCUT2D eigenvalue weighted by Crippen LogP contribution is -2.03. The van der Waals surface area contributed by atoms with E-state index in [1.165, 1.54) is 152 Å². The van der Waals surface area contributed by atoms with Gasteiger partial charge in [-0.05, 0) is 91.6 Å². The van der Waals surface area contributed by atoms with E-state index < -0.39 is 17.2 Å². The van der Waals surface area contributed by atoms with Gasteiger partial charge in [0, 0.05) is 0 Å². The fourth-order valence-corrected chi connectivity index (χ4v) is 7.32. The van der Waals surface area contributed by atoms with Gasteiger partial charge in [0.25, 0.3) is 0 Å². The lowest BCUT2D eigenvalue weighted by molar-refractivity contribution is 0.368. The third kappa shape index (κ3) is 25.5. The van der Waals surface area contributed by atoms with Gasteiger partial charge < -0.3 is 28.3 Å². The van der Waals surface area contributed by atoms with Crippen molar-refractivity contribution in [1.29, 1.82) is 0 Å². The van der Waals surface area contributed by atoms with Crippen LogP contribution >= 0.6 is 17.2 Å². The highest BCUT2D eigenvalue weighted by molar-refractivity contribution is 7.43. The first kappa shape index (κ1) is 47.0. The Hall–Kier alpha value is -2.20. The molecule has 0 saturated heterocycles. The molecule has 0 bridgehead atoms. The summed E-state index contributed by atoms with van der Waals surface area (Å²) in [4.78, 5) is 21.7. The fraction of sp³-hybridized carbons (Fsp3) is 0.600. The zero-order valence-corrected chi connectivity index (χ0v) is 35.1. The Kier molecular flexibility index (Phi) is 28.4. The minimum atomic E-state index is -2.62. The van der Waals surface area contributed by atoms with Gasteiger partial charge in [-0.2, -0.15) is 0 Å². The molecule has 0 aliphatic carbocycles. The van der Waals surface area contributed by atoms with Crippen molar-refractivity contribution < 1.29 is 28.3 Å². The molecule has 0 atom stereocenters. The van der Waals surface area contributed by atoms with Crippen LogP contribution < -0.4 is 13.6 Å². The van der Waals surface area contributed by atoms with Crippen molar-refractivity contribution in [2.75, 3.05) is 0 Å². The van der Waals surface area contributed by atoms with Crippen molar-refractivity contribution in [2.24, 2.45) is 0 Å². The van der Waals surface area contributed by atoms with Crippen LogP contribution in [-0.2, 0) is 19.3 Å². The van der Waals surface area contributed by atoms with E-state index >= 15 is 0 Å². The molecule has 3 rings (SSSR count). The van der Waals surface area contributed by atoms with E-state index in [1.807, 2.05) is 0 Å². The Morgan fingerprint density at radius 2 is 0.547 bits per heavy atom. The van der Waals surface area contributed by atoms with Gasteiger partial charge in [0.1, 0.15) is 17.2 Å². The molecule has 3 aromatic rings. The number of rotatable bonds is 30. The van der Waals surface area contributed by atoms with Crippen LogP contribution in [0.25, 0.3) is 0 Å². The molecule has 0 aromatic heterocycles. The standard InChI is InChI=1S/C45H69O3P.H3O3P/c1-4-7-10-13-16-19-22-25-40-28-34-43(35-29-40)46-49(47-44-36-30-41(31-37-44)26-23-20-17-14-11-8-5-2)48-45-38-32-42(33-39-45)27-24-21-18-15-12-9-6-3;1-4(2)3/h28-39H,4-27H2,1-3H3;1-3H. The van der Waals surface area contributed by atoms with Crippen LogP contribution in [0.1, 0.15) is 172 Å². The minimum absolute atomic E-state index is 0.778. The highest BCUT2D eigenvalue weighted by Gasteiger charge is 2.20. The fourth-order valence-electron chi connectivity index (χ4n) is 6.32. The Morgan fingerprint density at radius 3 is 0.774 bits per heavy atom. The molecule has 0 saturated carbocycles. The molecule has 3 aromatic carbocycles. The van der Waals surface area contributed by atoms with Crippen LogP contribution in [0.5, 0.6) is 17.2 Å². The maximum atomic E-state index is 7.23. The SMILES string of the molecule is CCCCCCCCCc1ccc(OP(Oc2ccc(CCCCCCCCC)cc2)Oc2ccc(CCCCCCCCC)cc2)cc1.OP(O)O. The van der Waals surface area contributed by atoms with Gasteiger partial charge in [-0.1, -0.05) is 173 Å². The number of hydrogen-bond acceptors (Lipinski definition) is 6. The number of hydrogen-bond donors (Lipinski definition) is 3. The molecule has 6 nitrogen and oxygen atoms in total. The van der Waals surface area contributed by atoms with Crippen molar-refractivity contribution >= 4 is 17.2 Å². The van der Waals surface area contributed by atoms with Crippen LogP contribution in [0.4, 0.5) is 0 Å². The van der Waals surface area contributed by atoms with E-state index in [1.54, 1.807) is 0 Å². The monoisotopic (exact) mass is 770 g/mol. The van der Waals surface area contributed by atoms with Crippen LogP contribution in [0.2, 0.25) is 0 Å². The summed E-state index contributed by atoms with van der Waals surface area (Å²) in [5.74, 6) is 2.33. The summed E-state index contributed by atoms with van der Waals surface area (Å²) in [6.07, 6.45) is 31.3. The van der Waals surface area contributed by atoms with Gasteiger partial charge in [0.05, 0.1) is 0 Å². The molecule has 298 valence electrons. The topological polar surface area (TPSA) is 88.4 Å². The van der Waals surface area contributed by atoms with Gasteiger partial charge in [-0.25, -0.2) is 0 Å². The number of benzene rings is 3. The van der Waals surface area contributed by atoms with E-state index in [0.717, 1.165) is 36.5 Å². The number of aryl methyl sites for hydroxylation is 3. The molecule has 0 amide bonds. The van der Waals surface area contributed by atoms with Crippen LogP contribution in [0.15, 0.2) is 72.8 Å². The molecule has 0 aliphatic rings. The summed E-state index contributed by atoms with van der Waals surface area (Å²) in [5.41, 5.74) is 4.08. The quantitative estimate of drug-likeness (QED) is 0.0462. The Morgan fingerprint density at radius 1 is 0.340 bits per heavy atom. The second kappa shape index (κ2) is 32.1. The summed E-state index contributed by atoms with van der Waals surface area (Å²) >= 11 is 0. The van der Waals surface area contributed by atoms with Crippen molar-refractivity contribution in [2.45, 2.75) is 175 Å². The van der Waals surface area contributed by atoms with Crippen LogP contribution in [0.3, 0.4) is 0 Å². The largest absolute Gasteiger partial charge is 0.530 e. The van der Waals surface area contributed by atoms with Crippen LogP contribution in [0, 0.1) is 0 Å². The molecule has 0 heterocycles. The summed E-state index contributed by atoms with van der Waals surface area (Å²) in [5, 5.41) is 0.